The molecule has 112 valence electrons. The van der Waals surface area contributed by atoms with E-state index in [4.69, 9.17) is 4.74 Å². The van der Waals surface area contributed by atoms with E-state index in [1.54, 1.807) is 7.11 Å². The smallest absolute Gasteiger partial charge is 0.0830 e. The van der Waals surface area contributed by atoms with Gasteiger partial charge in [0.1, 0.15) is 0 Å². The third kappa shape index (κ3) is 3.93. The van der Waals surface area contributed by atoms with Crippen LogP contribution in [0.4, 0.5) is 0 Å². The minimum absolute atomic E-state index is 0.484. The zero-order valence-electron chi connectivity index (χ0n) is 13.3. The second kappa shape index (κ2) is 6.88. The lowest BCUT2D eigenvalue weighted by Crippen LogP contribution is -2.06. The Balaban J connectivity index is 2.22. The molecular formula is C19H24O2. The maximum Gasteiger partial charge on any atom is 0.0830 e. The van der Waals surface area contributed by atoms with Crippen molar-refractivity contribution in [2.75, 3.05) is 7.11 Å². The maximum atomic E-state index is 10.5. The van der Waals surface area contributed by atoms with Gasteiger partial charge in [-0.25, -0.2) is 0 Å². The molecule has 1 unspecified atom stereocenters. The Kier molecular flexibility index (Phi) is 5.16. The van der Waals surface area contributed by atoms with Gasteiger partial charge < -0.3 is 9.84 Å². The van der Waals surface area contributed by atoms with Crippen LogP contribution >= 0.6 is 0 Å². The highest BCUT2D eigenvalue weighted by molar-refractivity contribution is 5.39. The Morgan fingerprint density at radius 2 is 1.71 bits per heavy atom. The molecule has 2 aromatic carbocycles. The average molecular weight is 284 g/mol. The van der Waals surface area contributed by atoms with Crippen LogP contribution in [0.5, 0.6) is 0 Å². The summed E-state index contributed by atoms with van der Waals surface area (Å²) in [7, 11) is 1.68. The zero-order chi connectivity index (χ0) is 15.4. The highest BCUT2D eigenvalue weighted by atomic mass is 16.5. The van der Waals surface area contributed by atoms with Crippen LogP contribution in [0.2, 0.25) is 0 Å². The summed E-state index contributed by atoms with van der Waals surface area (Å²) in [4.78, 5) is 0. The minimum atomic E-state index is -0.484. The van der Waals surface area contributed by atoms with Gasteiger partial charge in [0.05, 0.1) is 12.7 Å². The van der Waals surface area contributed by atoms with Gasteiger partial charge in [-0.3, -0.25) is 0 Å². The summed E-state index contributed by atoms with van der Waals surface area (Å²) < 4.78 is 5.15. The summed E-state index contributed by atoms with van der Waals surface area (Å²) in [5.41, 5.74) is 7.05. The van der Waals surface area contributed by atoms with Crippen molar-refractivity contribution in [1.82, 2.24) is 0 Å². The van der Waals surface area contributed by atoms with E-state index in [-0.39, 0.29) is 0 Å². The van der Waals surface area contributed by atoms with E-state index < -0.39 is 6.10 Å². The summed E-state index contributed by atoms with van der Waals surface area (Å²) >= 11 is 0. The summed E-state index contributed by atoms with van der Waals surface area (Å²) in [5, 5.41) is 10.5. The molecule has 2 aromatic rings. The first-order chi connectivity index (χ1) is 10.0. The van der Waals surface area contributed by atoms with Crippen molar-refractivity contribution in [3.63, 3.8) is 0 Å². The number of ether oxygens (including phenoxy) is 1. The van der Waals surface area contributed by atoms with Crippen molar-refractivity contribution in [3.8, 4) is 0 Å². The molecule has 0 aromatic heterocycles. The van der Waals surface area contributed by atoms with Crippen molar-refractivity contribution < 1.29 is 9.84 Å². The number of hydrogen-bond donors (Lipinski definition) is 1. The van der Waals surface area contributed by atoms with Gasteiger partial charge in [0.25, 0.3) is 0 Å². The Bertz CT molecular complexity index is 594. The number of rotatable bonds is 5. The highest BCUT2D eigenvalue weighted by Crippen LogP contribution is 2.24. The Morgan fingerprint density at radius 3 is 2.33 bits per heavy atom. The lowest BCUT2D eigenvalue weighted by Gasteiger charge is -2.16. The monoisotopic (exact) mass is 284 g/mol. The van der Waals surface area contributed by atoms with E-state index in [1.165, 1.54) is 22.3 Å². The van der Waals surface area contributed by atoms with Crippen molar-refractivity contribution in [3.05, 3.63) is 69.8 Å². The van der Waals surface area contributed by atoms with E-state index in [0.717, 1.165) is 11.1 Å². The summed E-state index contributed by atoms with van der Waals surface area (Å²) in [6.07, 6.45) is 0.163. The summed E-state index contributed by atoms with van der Waals surface area (Å²) in [6, 6.07) is 12.3. The molecule has 1 atom stereocenters. The molecule has 2 heteroatoms. The molecule has 0 aliphatic rings. The molecule has 0 radical (unpaired) electrons. The average Bonchev–Trinajstić information content (AvgIpc) is 2.43. The molecule has 1 N–H and O–H groups in total. The zero-order valence-corrected chi connectivity index (χ0v) is 13.3. The first-order valence-corrected chi connectivity index (χ1v) is 7.34. The molecule has 0 bridgehead atoms. The predicted octanol–water partition coefficient (Wildman–Crippen LogP) is 4.03. The standard InChI is InChI=1S/C19H24O2/c1-13-8-14(2)18(15(3)9-13)11-19(20)17-7-5-6-16(10-17)12-21-4/h5-10,19-20H,11-12H2,1-4H3. The molecule has 0 aliphatic heterocycles. The molecule has 0 spiro atoms. The Hall–Kier alpha value is -1.64. The van der Waals surface area contributed by atoms with Gasteiger partial charge in [0.15, 0.2) is 0 Å². The van der Waals surface area contributed by atoms with Crippen molar-refractivity contribution in [2.45, 2.75) is 39.9 Å². The largest absolute Gasteiger partial charge is 0.388 e. The molecule has 2 rings (SSSR count). The quantitative estimate of drug-likeness (QED) is 0.898. The Labute approximate surface area is 127 Å². The molecule has 2 nitrogen and oxygen atoms in total. The lowest BCUT2D eigenvalue weighted by atomic mass is 9.92. The molecule has 0 saturated heterocycles. The number of methoxy groups -OCH3 is 1. The normalized spacial score (nSPS) is 12.4. The number of benzene rings is 2. The van der Waals surface area contributed by atoms with E-state index >= 15 is 0 Å². The summed E-state index contributed by atoms with van der Waals surface area (Å²) in [6.45, 7) is 6.91. The third-order valence-corrected chi connectivity index (χ3v) is 3.88. The summed E-state index contributed by atoms with van der Waals surface area (Å²) in [5.74, 6) is 0. The van der Waals surface area contributed by atoms with Crippen LogP contribution in [-0.2, 0) is 17.8 Å². The number of aliphatic hydroxyl groups excluding tert-OH is 1. The second-order valence-corrected chi connectivity index (χ2v) is 5.78. The van der Waals surface area contributed by atoms with Crippen LogP contribution in [0, 0.1) is 20.8 Å². The molecule has 21 heavy (non-hydrogen) atoms. The minimum Gasteiger partial charge on any atom is -0.388 e. The second-order valence-electron chi connectivity index (χ2n) is 5.78. The molecular weight excluding hydrogens is 260 g/mol. The van der Waals surface area contributed by atoms with Crippen LogP contribution in [-0.4, -0.2) is 12.2 Å². The molecule has 0 heterocycles. The van der Waals surface area contributed by atoms with Crippen LogP contribution < -0.4 is 0 Å². The van der Waals surface area contributed by atoms with Crippen molar-refractivity contribution >= 4 is 0 Å². The van der Waals surface area contributed by atoms with E-state index in [1.807, 2.05) is 24.3 Å². The van der Waals surface area contributed by atoms with Crippen molar-refractivity contribution in [2.24, 2.45) is 0 Å². The van der Waals surface area contributed by atoms with Gasteiger partial charge in [-0.2, -0.15) is 0 Å². The van der Waals surface area contributed by atoms with E-state index in [9.17, 15) is 5.11 Å². The first kappa shape index (κ1) is 15.7. The van der Waals surface area contributed by atoms with Crippen molar-refractivity contribution in [1.29, 1.82) is 0 Å². The van der Waals surface area contributed by atoms with Gasteiger partial charge in [0.2, 0.25) is 0 Å². The SMILES string of the molecule is COCc1cccc(C(O)Cc2c(C)cc(C)cc2C)c1. The van der Waals surface area contributed by atoms with Crippen LogP contribution in [0.1, 0.15) is 39.5 Å². The van der Waals surface area contributed by atoms with Crippen LogP contribution in [0.25, 0.3) is 0 Å². The fourth-order valence-electron chi connectivity index (χ4n) is 2.90. The fraction of sp³-hybridized carbons (Fsp3) is 0.368. The fourth-order valence-corrected chi connectivity index (χ4v) is 2.90. The van der Waals surface area contributed by atoms with Crippen LogP contribution in [0.15, 0.2) is 36.4 Å². The maximum absolute atomic E-state index is 10.5. The predicted molar refractivity (Wildman–Crippen MR) is 86.5 cm³/mol. The highest BCUT2D eigenvalue weighted by Gasteiger charge is 2.13. The Morgan fingerprint density at radius 1 is 1.05 bits per heavy atom. The van der Waals surface area contributed by atoms with Crippen LogP contribution in [0.3, 0.4) is 0 Å². The van der Waals surface area contributed by atoms with Gasteiger partial charge >= 0.3 is 0 Å². The van der Waals surface area contributed by atoms with E-state index in [2.05, 4.69) is 32.9 Å². The topological polar surface area (TPSA) is 29.5 Å². The van der Waals surface area contributed by atoms with Gasteiger partial charge in [-0.1, -0.05) is 42.0 Å². The lowest BCUT2D eigenvalue weighted by molar-refractivity contribution is 0.175. The van der Waals surface area contributed by atoms with Gasteiger partial charge in [-0.15, -0.1) is 0 Å². The molecule has 0 amide bonds. The number of aryl methyl sites for hydroxylation is 3. The van der Waals surface area contributed by atoms with Gasteiger partial charge in [0, 0.05) is 13.5 Å². The molecule has 0 saturated carbocycles. The number of hydrogen-bond acceptors (Lipinski definition) is 2. The number of aliphatic hydroxyl groups is 1. The van der Waals surface area contributed by atoms with Gasteiger partial charge in [-0.05, 0) is 48.6 Å². The van der Waals surface area contributed by atoms with E-state index in [0.29, 0.717) is 13.0 Å². The third-order valence-electron chi connectivity index (χ3n) is 3.88. The molecule has 0 aliphatic carbocycles. The first-order valence-electron chi connectivity index (χ1n) is 7.34. The molecule has 0 fully saturated rings.